The Labute approximate surface area is 127 Å². The number of carbonyl (C=O) groups excluding carboxylic acids is 1. The fourth-order valence-electron chi connectivity index (χ4n) is 3.72. The topological polar surface area (TPSA) is 20.3 Å². The molecule has 1 aromatic carbocycles. The van der Waals surface area contributed by atoms with Crippen molar-refractivity contribution in [3.8, 4) is 0 Å². The van der Waals surface area contributed by atoms with E-state index in [4.69, 9.17) is 0 Å². The number of amides is 1. The minimum absolute atomic E-state index is 0.305. The van der Waals surface area contributed by atoms with Crippen molar-refractivity contribution in [2.45, 2.75) is 58.5 Å². The van der Waals surface area contributed by atoms with E-state index in [2.05, 4.69) is 43.0 Å². The predicted octanol–water partition coefficient (Wildman–Crippen LogP) is 4.31. The zero-order chi connectivity index (χ0) is 14.8. The Kier molecular flexibility index (Phi) is 4.14. The second-order valence-electron chi connectivity index (χ2n) is 6.77. The van der Waals surface area contributed by atoms with Gasteiger partial charge in [0.15, 0.2) is 0 Å². The van der Waals surface area contributed by atoms with Crippen LogP contribution >= 0.6 is 0 Å². The predicted molar refractivity (Wildman–Crippen MR) is 85.7 cm³/mol. The monoisotopic (exact) mass is 283 g/mol. The number of hydrogen-bond acceptors (Lipinski definition) is 1. The normalized spacial score (nSPS) is 22.1. The van der Waals surface area contributed by atoms with Gasteiger partial charge in [-0.1, -0.05) is 44.2 Å². The molecular weight excluding hydrogens is 258 g/mol. The van der Waals surface area contributed by atoms with Crippen LogP contribution in [-0.2, 0) is 11.3 Å². The highest BCUT2D eigenvalue weighted by Gasteiger charge is 2.39. The van der Waals surface area contributed by atoms with Crippen LogP contribution in [0.2, 0.25) is 0 Å². The zero-order valence-corrected chi connectivity index (χ0v) is 13.1. The Bertz CT molecular complexity index is 544. The molecule has 0 saturated carbocycles. The summed E-state index contributed by atoms with van der Waals surface area (Å²) in [7, 11) is 0. The smallest absolute Gasteiger partial charge is 0.250 e. The van der Waals surface area contributed by atoms with Crippen molar-refractivity contribution in [3.05, 3.63) is 47.0 Å². The van der Waals surface area contributed by atoms with Crippen molar-refractivity contribution in [2.75, 3.05) is 0 Å². The number of carbonyl (C=O) groups is 1. The quantitative estimate of drug-likeness (QED) is 0.806. The van der Waals surface area contributed by atoms with Gasteiger partial charge in [0.25, 0.3) is 5.91 Å². The van der Waals surface area contributed by atoms with Crippen LogP contribution in [0.1, 0.15) is 51.5 Å². The molecule has 21 heavy (non-hydrogen) atoms. The van der Waals surface area contributed by atoms with E-state index in [0.29, 0.717) is 17.9 Å². The third kappa shape index (κ3) is 2.90. The molecule has 3 rings (SSSR count). The molecule has 0 bridgehead atoms. The number of rotatable bonds is 4. The lowest BCUT2D eigenvalue weighted by molar-refractivity contribution is -0.128. The molecule has 1 heterocycles. The first-order valence-corrected chi connectivity index (χ1v) is 8.23. The van der Waals surface area contributed by atoms with Gasteiger partial charge in [0.2, 0.25) is 0 Å². The molecule has 1 aliphatic heterocycles. The van der Waals surface area contributed by atoms with Crippen molar-refractivity contribution in [3.63, 3.8) is 0 Å². The summed E-state index contributed by atoms with van der Waals surface area (Å²) < 4.78 is 0. The van der Waals surface area contributed by atoms with Crippen LogP contribution in [0.4, 0.5) is 0 Å². The first-order valence-electron chi connectivity index (χ1n) is 8.23. The summed E-state index contributed by atoms with van der Waals surface area (Å²) in [6.45, 7) is 5.27. The molecule has 1 amide bonds. The van der Waals surface area contributed by atoms with Gasteiger partial charge in [-0.3, -0.25) is 4.79 Å². The number of hydrogen-bond donors (Lipinski definition) is 0. The minimum atomic E-state index is 0.305. The summed E-state index contributed by atoms with van der Waals surface area (Å²) in [5.41, 5.74) is 3.83. The fourth-order valence-corrected chi connectivity index (χ4v) is 3.72. The highest BCUT2D eigenvalue weighted by molar-refractivity contribution is 5.97. The number of benzene rings is 1. The SMILES string of the molecule is CC(C)CC1C2=C(CCCC2)C(=O)N1Cc1ccccc1. The maximum absolute atomic E-state index is 12.8. The third-order valence-electron chi connectivity index (χ3n) is 4.70. The van der Waals surface area contributed by atoms with E-state index < -0.39 is 0 Å². The van der Waals surface area contributed by atoms with Crippen LogP contribution in [0.3, 0.4) is 0 Å². The first kappa shape index (κ1) is 14.4. The molecule has 2 nitrogen and oxygen atoms in total. The average molecular weight is 283 g/mol. The van der Waals surface area contributed by atoms with Gasteiger partial charge < -0.3 is 4.90 Å². The Morgan fingerprint density at radius 1 is 1.14 bits per heavy atom. The Balaban J connectivity index is 1.86. The lowest BCUT2D eigenvalue weighted by Gasteiger charge is -2.29. The zero-order valence-electron chi connectivity index (χ0n) is 13.1. The molecule has 0 N–H and O–H groups in total. The van der Waals surface area contributed by atoms with Gasteiger partial charge in [-0.05, 0) is 49.2 Å². The Hall–Kier alpha value is -1.57. The molecule has 2 aliphatic rings. The van der Waals surface area contributed by atoms with Crippen LogP contribution in [0, 0.1) is 5.92 Å². The van der Waals surface area contributed by atoms with E-state index >= 15 is 0 Å². The first-order chi connectivity index (χ1) is 10.2. The van der Waals surface area contributed by atoms with Gasteiger partial charge in [-0.25, -0.2) is 0 Å². The van der Waals surface area contributed by atoms with Crippen LogP contribution in [0.25, 0.3) is 0 Å². The fraction of sp³-hybridized carbons (Fsp3) is 0.526. The standard InChI is InChI=1S/C19H25NO/c1-14(2)12-18-16-10-6-7-11-17(16)19(21)20(18)13-15-8-4-3-5-9-15/h3-5,8-9,14,18H,6-7,10-13H2,1-2H3. The molecule has 1 atom stereocenters. The second kappa shape index (κ2) is 6.05. The summed E-state index contributed by atoms with van der Waals surface area (Å²) in [4.78, 5) is 14.9. The van der Waals surface area contributed by atoms with E-state index in [0.717, 1.165) is 31.4 Å². The van der Waals surface area contributed by atoms with E-state index in [1.807, 2.05) is 6.07 Å². The minimum Gasteiger partial charge on any atom is -0.328 e. The molecular formula is C19H25NO. The van der Waals surface area contributed by atoms with E-state index in [1.165, 1.54) is 24.0 Å². The average Bonchev–Trinajstić information content (AvgIpc) is 2.74. The van der Waals surface area contributed by atoms with E-state index in [-0.39, 0.29) is 0 Å². The van der Waals surface area contributed by atoms with Gasteiger partial charge in [0.1, 0.15) is 0 Å². The molecule has 0 aromatic heterocycles. The van der Waals surface area contributed by atoms with Crippen molar-refractivity contribution in [2.24, 2.45) is 5.92 Å². The van der Waals surface area contributed by atoms with E-state index in [9.17, 15) is 4.79 Å². The molecule has 0 radical (unpaired) electrons. The highest BCUT2D eigenvalue weighted by atomic mass is 16.2. The van der Waals surface area contributed by atoms with Gasteiger partial charge in [-0.15, -0.1) is 0 Å². The van der Waals surface area contributed by atoms with Gasteiger partial charge in [0.05, 0.1) is 6.04 Å². The summed E-state index contributed by atoms with van der Waals surface area (Å²) in [6.07, 6.45) is 5.65. The van der Waals surface area contributed by atoms with Crippen LogP contribution < -0.4 is 0 Å². The van der Waals surface area contributed by atoms with Crippen LogP contribution in [-0.4, -0.2) is 16.8 Å². The molecule has 1 unspecified atom stereocenters. The summed E-state index contributed by atoms with van der Waals surface area (Å²) in [5.74, 6) is 0.925. The van der Waals surface area contributed by atoms with E-state index in [1.54, 1.807) is 0 Å². The van der Waals surface area contributed by atoms with Crippen molar-refractivity contribution in [1.82, 2.24) is 4.90 Å². The van der Waals surface area contributed by atoms with Crippen molar-refractivity contribution in [1.29, 1.82) is 0 Å². The highest BCUT2D eigenvalue weighted by Crippen LogP contribution is 2.39. The van der Waals surface area contributed by atoms with Gasteiger partial charge >= 0.3 is 0 Å². The maximum Gasteiger partial charge on any atom is 0.250 e. The molecule has 0 saturated heterocycles. The molecule has 2 heteroatoms. The van der Waals surface area contributed by atoms with Crippen molar-refractivity contribution < 1.29 is 4.79 Å². The summed E-state index contributed by atoms with van der Waals surface area (Å²) >= 11 is 0. The largest absolute Gasteiger partial charge is 0.328 e. The Morgan fingerprint density at radius 3 is 2.57 bits per heavy atom. The van der Waals surface area contributed by atoms with Crippen LogP contribution in [0.5, 0.6) is 0 Å². The molecule has 112 valence electrons. The van der Waals surface area contributed by atoms with Crippen LogP contribution in [0.15, 0.2) is 41.5 Å². The molecule has 0 fully saturated rings. The molecule has 0 spiro atoms. The summed E-state index contributed by atoms with van der Waals surface area (Å²) in [5, 5.41) is 0. The maximum atomic E-state index is 12.8. The lowest BCUT2D eigenvalue weighted by Crippen LogP contribution is -2.36. The number of nitrogens with zero attached hydrogens (tertiary/aromatic N) is 1. The van der Waals surface area contributed by atoms with Crippen molar-refractivity contribution >= 4 is 5.91 Å². The molecule has 1 aliphatic carbocycles. The molecule has 1 aromatic rings. The second-order valence-corrected chi connectivity index (χ2v) is 6.77. The van der Waals surface area contributed by atoms with Gasteiger partial charge in [0, 0.05) is 12.1 Å². The van der Waals surface area contributed by atoms with Gasteiger partial charge in [-0.2, -0.15) is 0 Å². The lowest BCUT2D eigenvalue weighted by atomic mass is 9.87. The Morgan fingerprint density at radius 2 is 1.86 bits per heavy atom. The summed E-state index contributed by atoms with van der Waals surface area (Å²) in [6, 6.07) is 10.7. The third-order valence-corrected chi connectivity index (χ3v) is 4.70.